The molecule has 1 saturated heterocycles. The molecule has 2 rings (SSSR count). The summed E-state index contributed by atoms with van der Waals surface area (Å²) < 4.78 is 29.1. The molecule has 2 aliphatic rings. The number of halogens is 1. The second-order valence-electron chi connectivity index (χ2n) is 4.88. The van der Waals surface area contributed by atoms with Crippen molar-refractivity contribution < 1.29 is 13.2 Å². The van der Waals surface area contributed by atoms with Crippen LogP contribution in [0.25, 0.3) is 0 Å². The van der Waals surface area contributed by atoms with E-state index in [1.807, 2.05) is 0 Å². The molecule has 0 N–H and O–H groups in total. The molecule has 1 aliphatic carbocycles. The molecule has 1 heterocycles. The van der Waals surface area contributed by atoms with Gasteiger partial charge in [-0.25, -0.2) is 8.42 Å². The second kappa shape index (κ2) is 5.52. The summed E-state index contributed by atoms with van der Waals surface area (Å²) in [5.74, 6) is 0.530. The monoisotopic (exact) mass is 358 g/mol. The molecular formula is C11H19IO3S. The third kappa shape index (κ3) is 3.57. The number of rotatable bonds is 2. The van der Waals surface area contributed by atoms with Crippen molar-refractivity contribution in [1.29, 1.82) is 0 Å². The summed E-state index contributed by atoms with van der Waals surface area (Å²) in [7, 11) is -2.84. The zero-order chi connectivity index (χ0) is 11.6. The lowest BCUT2D eigenvalue weighted by Gasteiger charge is -2.21. The van der Waals surface area contributed by atoms with E-state index in [9.17, 15) is 8.42 Å². The Kier molecular flexibility index (Phi) is 4.51. The number of hydrogen-bond donors (Lipinski definition) is 0. The molecule has 0 amide bonds. The molecular weight excluding hydrogens is 339 g/mol. The number of alkyl halides is 1. The Hall–Kier alpha value is 0.640. The van der Waals surface area contributed by atoms with E-state index < -0.39 is 9.84 Å². The maximum absolute atomic E-state index is 11.5. The van der Waals surface area contributed by atoms with Gasteiger partial charge < -0.3 is 4.74 Å². The minimum absolute atomic E-state index is 0.0614. The first-order valence-corrected chi connectivity index (χ1v) is 9.13. The first-order chi connectivity index (χ1) is 7.57. The molecule has 16 heavy (non-hydrogen) atoms. The van der Waals surface area contributed by atoms with Crippen molar-refractivity contribution >= 4 is 32.4 Å². The summed E-state index contributed by atoms with van der Waals surface area (Å²) in [6.45, 7) is 0. The van der Waals surface area contributed by atoms with Crippen molar-refractivity contribution in [1.82, 2.24) is 0 Å². The average Bonchev–Trinajstić information content (AvgIpc) is 2.43. The fourth-order valence-electron chi connectivity index (χ4n) is 2.52. The Bertz CT molecular complexity index is 320. The van der Waals surface area contributed by atoms with Crippen LogP contribution < -0.4 is 0 Å². The summed E-state index contributed by atoms with van der Waals surface area (Å²) >= 11 is 2.22. The second-order valence-corrected chi connectivity index (χ2v) is 8.63. The van der Waals surface area contributed by atoms with Gasteiger partial charge in [-0.15, -0.1) is 0 Å². The molecule has 0 aromatic heterocycles. The summed E-state index contributed by atoms with van der Waals surface area (Å²) in [6, 6.07) is 0. The van der Waals surface area contributed by atoms with Gasteiger partial charge in [0.15, 0.2) is 9.84 Å². The van der Waals surface area contributed by atoms with Gasteiger partial charge in [0.05, 0.1) is 27.6 Å². The van der Waals surface area contributed by atoms with Crippen molar-refractivity contribution in [3.63, 3.8) is 0 Å². The van der Waals surface area contributed by atoms with Gasteiger partial charge in [0.25, 0.3) is 0 Å². The van der Waals surface area contributed by atoms with E-state index in [0.717, 1.165) is 12.8 Å². The Morgan fingerprint density at radius 3 is 2.12 bits per heavy atom. The van der Waals surface area contributed by atoms with Crippen molar-refractivity contribution in [2.75, 3.05) is 11.5 Å². The predicted octanol–water partition coefficient (Wildman–Crippen LogP) is 2.33. The molecule has 2 fully saturated rings. The van der Waals surface area contributed by atoms with Crippen molar-refractivity contribution in [3.05, 3.63) is 0 Å². The molecule has 1 aliphatic heterocycles. The third-order valence-electron chi connectivity index (χ3n) is 3.40. The molecule has 94 valence electrons. The quantitative estimate of drug-likeness (QED) is 0.432. The lowest BCUT2D eigenvalue weighted by Crippen LogP contribution is -2.28. The van der Waals surface area contributed by atoms with Gasteiger partial charge in [0, 0.05) is 0 Å². The lowest BCUT2D eigenvalue weighted by molar-refractivity contribution is -0.00109. The van der Waals surface area contributed by atoms with Gasteiger partial charge >= 0.3 is 0 Å². The molecule has 2 unspecified atom stereocenters. The largest absolute Gasteiger partial charge is 0.373 e. The van der Waals surface area contributed by atoms with Crippen molar-refractivity contribution in [3.8, 4) is 0 Å². The highest BCUT2D eigenvalue weighted by atomic mass is 127. The van der Waals surface area contributed by atoms with E-state index in [0.29, 0.717) is 11.9 Å². The minimum atomic E-state index is -2.84. The highest BCUT2D eigenvalue weighted by Gasteiger charge is 2.38. The lowest BCUT2D eigenvalue weighted by atomic mass is 10.1. The smallest absolute Gasteiger partial charge is 0.154 e. The number of ether oxygens (including phenoxy) is 1. The van der Waals surface area contributed by atoms with Gasteiger partial charge in [-0.2, -0.15) is 0 Å². The van der Waals surface area contributed by atoms with Crippen LogP contribution in [0.3, 0.4) is 0 Å². The average molecular weight is 358 g/mol. The van der Waals surface area contributed by atoms with Gasteiger partial charge in [0.2, 0.25) is 0 Å². The zero-order valence-electron chi connectivity index (χ0n) is 9.40. The summed E-state index contributed by atoms with van der Waals surface area (Å²) in [4.78, 5) is 0. The van der Waals surface area contributed by atoms with E-state index in [1.165, 1.54) is 25.7 Å². The van der Waals surface area contributed by atoms with Crippen LogP contribution in [0.1, 0.15) is 38.5 Å². The maximum atomic E-state index is 11.5. The maximum Gasteiger partial charge on any atom is 0.154 e. The number of hydrogen-bond acceptors (Lipinski definition) is 3. The van der Waals surface area contributed by atoms with E-state index in [-0.39, 0.29) is 15.8 Å². The van der Waals surface area contributed by atoms with E-state index in [1.54, 1.807) is 0 Å². The Morgan fingerprint density at radius 2 is 1.62 bits per heavy atom. The number of sulfone groups is 1. The first-order valence-electron chi connectivity index (χ1n) is 6.07. The molecule has 5 heteroatoms. The molecule has 2 atom stereocenters. The first kappa shape index (κ1) is 13.1. The Labute approximate surface area is 111 Å². The topological polar surface area (TPSA) is 43.4 Å². The molecule has 0 aromatic rings. The summed E-state index contributed by atoms with van der Waals surface area (Å²) in [5, 5.41) is 0. The van der Waals surface area contributed by atoms with Crippen molar-refractivity contribution in [2.45, 2.75) is 54.7 Å². The van der Waals surface area contributed by atoms with Gasteiger partial charge in [0.1, 0.15) is 0 Å². The van der Waals surface area contributed by atoms with Crippen LogP contribution in [0.4, 0.5) is 0 Å². The van der Waals surface area contributed by atoms with Gasteiger partial charge in [-0.3, -0.25) is 0 Å². The van der Waals surface area contributed by atoms with Gasteiger partial charge in [-0.1, -0.05) is 48.3 Å². The standard InChI is InChI=1S/C11H19IO3S/c12-10-7-16(13,14)8-11(10)15-9-5-3-1-2-4-6-9/h9-11H,1-8H2. The van der Waals surface area contributed by atoms with Crippen molar-refractivity contribution in [2.24, 2.45) is 0 Å². The fourth-order valence-corrected chi connectivity index (χ4v) is 6.58. The Morgan fingerprint density at radius 1 is 1.00 bits per heavy atom. The van der Waals surface area contributed by atoms with Crippen LogP contribution in [-0.4, -0.2) is 36.1 Å². The molecule has 1 saturated carbocycles. The molecule has 3 nitrogen and oxygen atoms in total. The normalized spacial score (nSPS) is 36.1. The Balaban J connectivity index is 1.89. The SMILES string of the molecule is O=S1(=O)CC(I)C(OC2CCCCCC2)C1. The van der Waals surface area contributed by atoms with Crippen LogP contribution in [0.2, 0.25) is 0 Å². The minimum Gasteiger partial charge on any atom is -0.373 e. The van der Waals surface area contributed by atoms with E-state index >= 15 is 0 Å². The van der Waals surface area contributed by atoms with E-state index in [4.69, 9.17) is 4.74 Å². The third-order valence-corrected chi connectivity index (χ3v) is 6.95. The van der Waals surface area contributed by atoms with Gasteiger partial charge in [-0.05, 0) is 12.8 Å². The highest BCUT2D eigenvalue weighted by Crippen LogP contribution is 2.28. The van der Waals surface area contributed by atoms with Crippen LogP contribution >= 0.6 is 22.6 Å². The molecule has 0 radical (unpaired) electrons. The summed E-state index contributed by atoms with van der Waals surface area (Å²) in [6.07, 6.45) is 7.53. The van der Waals surface area contributed by atoms with Crippen LogP contribution in [0.5, 0.6) is 0 Å². The molecule has 0 aromatic carbocycles. The summed E-state index contributed by atoms with van der Waals surface area (Å²) in [5.41, 5.74) is 0. The fraction of sp³-hybridized carbons (Fsp3) is 1.00. The molecule has 0 bridgehead atoms. The predicted molar refractivity (Wildman–Crippen MR) is 72.8 cm³/mol. The molecule has 0 spiro atoms. The zero-order valence-corrected chi connectivity index (χ0v) is 12.4. The van der Waals surface area contributed by atoms with Crippen LogP contribution in [-0.2, 0) is 14.6 Å². The van der Waals surface area contributed by atoms with E-state index in [2.05, 4.69) is 22.6 Å². The van der Waals surface area contributed by atoms with Crippen LogP contribution in [0, 0.1) is 0 Å². The highest BCUT2D eigenvalue weighted by molar-refractivity contribution is 14.1. The van der Waals surface area contributed by atoms with Crippen LogP contribution in [0.15, 0.2) is 0 Å².